The van der Waals surface area contributed by atoms with E-state index < -0.39 is 0 Å². The number of aromatic nitrogens is 1. The Labute approximate surface area is 83.5 Å². The third-order valence-corrected chi connectivity index (χ3v) is 2.45. The van der Waals surface area contributed by atoms with Crippen LogP contribution < -0.4 is 5.32 Å². The van der Waals surface area contributed by atoms with Gasteiger partial charge in [-0.3, -0.25) is 9.78 Å². The van der Waals surface area contributed by atoms with Crippen molar-refractivity contribution >= 4 is 5.91 Å². The molecule has 0 bridgehead atoms. The van der Waals surface area contributed by atoms with Crippen LogP contribution in [0.15, 0.2) is 24.4 Å². The SMILES string of the molecule is CC(C(=O)NC1CC1)c1ccccn1. The van der Waals surface area contributed by atoms with Crippen LogP contribution in [0.25, 0.3) is 0 Å². The number of amides is 1. The highest BCUT2D eigenvalue weighted by Crippen LogP contribution is 2.21. The molecule has 0 saturated heterocycles. The molecule has 1 aromatic heterocycles. The van der Waals surface area contributed by atoms with Gasteiger partial charge >= 0.3 is 0 Å². The maximum absolute atomic E-state index is 11.6. The van der Waals surface area contributed by atoms with Crippen molar-refractivity contribution in [2.45, 2.75) is 31.7 Å². The van der Waals surface area contributed by atoms with E-state index in [0.29, 0.717) is 6.04 Å². The summed E-state index contributed by atoms with van der Waals surface area (Å²) in [5, 5.41) is 2.97. The van der Waals surface area contributed by atoms with Crippen molar-refractivity contribution in [3.05, 3.63) is 30.1 Å². The lowest BCUT2D eigenvalue weighted by Crippen LogP contribution is -2.30. The first-order valence-corrected chi connectivity index (χ1v) is 4.98. The predicted octanol–water partition coefficient (Wildman–Crippen LogP) is 1.46. The summed E-state index contributed by atoms with van der Waals surface area (Å²) in [6.45, 7) is 1.89. The van der Waals surface area contributed by atoms with Gasteiger partial charge in [-0.15, -0.1) is 0 Å². The molecule has 0 aliphatic heterocycles. The Morgan fingerprint density at radius 1 is 1.57 bits per heavy atom. The van der Waals surface area contributed by atoms with Crippen LogP contribution in [0.2, 0.25) is 0 Å². The molecule has 1 saturated carbocycles. The third kappa shape index (κ3) is 2.10. The summed E-state index contributed by atoms with van der Waals surface area (Å²) >= 11 is 0. The van der Waals surface area contributed by atoms with Crippen LogP contribution in [-0.4, -0.2) is 16.9 Å². The minimum atomic E-state index is -0.142. The van der Waals surface area contributed by atoms with Crippen molar-refractivity contribution in [1.29, 1.82) is 0 Å². The van der Waals surface area contributed by atoms with Gasteiger partial charge in [-0.1, -0.05) is 6.07 Å². The molecular weight excluding hydrogens is 176 g/mol. The molecule has 2 rings (SSSR count). The summed E-state index contributed by atoms with van der Waals surface area (Å²) < 4.78 is 0. The zero-order chi connectivity index (χ0) is 9.97. The van der Waals surface area contributed by atoms with Gasteiger partial charge in [0.2, 0.25) is 5.91 Å². The highest BCUT2D eigenvalue weighted by Gasteiger charge is 2.26. The number of carbonyl (C=O) groups excluding carboxylic acids is 1. The first kappa shape index (κ1) is 9.19. The average Bonchev–Trinajstić information content (AvgIpc) is 3.02. The molecule has 1 atom stereocenters. The van der Waals surface area contributed by atoms with Gasteiger partial charge < -0.3 is 5.32 Å². The smallest absolute Gasteiger partial charge is 0.229 e. The van der Waals surface area contributed by atoms with Crippen molar-refractivity contribution in [2.24, 2.45) is 0 Å². The van der Waals surface area contributed by atoms with E-state index in [1.165, 1.54) is 0 Å². The maximum atomic E-state index is 11.6. The first-order chi connectivity index (χ1) is 6.77. The molecule has 0 aromatic carbocycles. The highest BCUT2D eigenvalue weighted by atomic mass is 16.2. The zero-order valence-corrected chi connectivity index (χ0v) is 8.23. The number of carbonyl (C=O) groups is 1. The topological polar surface area (TPSA) is 42.0 Å². The van der Waals surface area contributed by atoms with Crippen molar-refractivity contribution in [1.82, 2.24) is 10.3 Å². The van der Waals surface area contributed by atoms with E-state index in [9.17, 15) is 4.79 Å². The van der Waals surface area contributed by atoms with E-state index in [2.05, 4.69) is 10.3 Å². The van der Waals surface area contributed by atoms with E-state index in [0.717, 1.165) is 18.5 Å². The van der Waals surface area contributed by atoms with E-state index in [1.54, 1.807) is 6.20 Å². The lowest BCUT2D eigenvalue weighted by atomic mass is 10.1. The molecule has 1 aromatic rings. The van der Waals surface area contributed by atoms with E-state index in [1.807, 2.05) is 25.1 Å². The molecule has 14 heavy (non-hydrogen) atoms. The number of nitrogens with zero attached hydrogens (tertiary/aromatic N) is 1. The Morgan fingerprint density at radius 2 is 2.36 bits per heavy atom. The van der Waals surface area contributed by atoms with Crippen LogP contribution >= 0.6 is 0 Å². The molecular formula is C11H14N2O. The summed E-state index contributed by atoms with van der Waals surface area (Å²) in [5.74, 6) is -0.0528. The van der Waals surface area contributed by atoms with Gasteiger partial charge in [0, 0.05) is 12.2 Å². The van der Waals surface area contributed by atoms with Gasteiger partial charge in [0.25, 0.3) is 0 Å². The fraction of sp³-hybridized carbons (Fsp3) is 0.455. The number of nitrogens with one attached hydrogen (secondary N) is 1. The van der Waals surface area contributed by atoms with Gasteiger partial charge in [0.15, 0.2) is 0 Å². The fourth-order valence-corrected chi connectivity index (χ4v) is 1.32. The molecule has 1 amide bonds. The Bertz CT molecular complexity index is 319. The summed E-state index contributed by atoms with van der Waals surface area (Å²) in [4.78, 5) is 15.8. The minimum Gasteiger partial charge on any atom is -0.353 e. The summed E-state index contributed by atoms with van der Waals surface area (Å²) in [5.41, 5.74) is 0.839. The highest BCUT2D eigenvalue weighted by molar-refractivity contribution is 5.83. The molecule has 1 aliphatic rings. The van der Waals surface area contributed by atoms with Crippen LogP contribution in [0, 0.1) is 0 Å². The van der Waals surface area contributed by atoms with Gasteiger partial charge in [-0.05, 0) is 31.9 Å². The van der Waals surface area contributed by atoms with Crippen LogP contribution in [0.3, 0.4) is 0 Å². The molecule has 1 heterocycles. The lowest BCUT2D eigenvalue weighted by molar-refractivity contribution is -0.122. The predicted molar refractivity (Wildman–Crippen MR) is 53.8 cm³/mol. The molecule has 74 valence electrons. The quantitative estimate of drug-likeness (QED) is 0.784. The Morgan fingerprint density at radius 3 is 2.93 bits per heavy atom. The number of hydrogen-bond donors (Lipinski definition) is 1. The van der Waals surface area contributed by atoms with Gasteiger partial charge in [0.05, 0.1) is 11.6 Å². The maximum Gasteiger partial charge on any atom is 0.229 e. The lowest BCUT2D eigenvalue weighted by Gasteiger charge is -2.10. The van der Waals surface area contributed by atoms with Crippen molar-refractivity contribution in [2.75, 3.05) is 0 Å². The number of rotatable bonds is 3. The summed E-state index contributed by atoms with van der Waals surface area (Å²) in [6.07, 6.45) is 3.97. The number of hydrogen-bond acceptors (Lipinski definition) is 2. The Hall–Kier alpha value is -1.38. The molecule has 1 unspecified atom stereocenters. The van der Waals surface area contributed by atoms with Crippen LogP contribution in [0.4, 0.5) is 0 Å². The summed E-state index contributed by atoms with van der Waals surface area (Å²) in [6, 6.07) is 6.07. The largest absolute Gasteiger partial charge is 0.353 e. The van der Waals surface area contributed by atoms with Gasteiger partial charge in [-0.2, -0.15) is 0 Å². The van der Waals surface area contributed by atoms with Gasteiger partial charge in [-0.25, -0.2) is 0 Å². The van der Waals surface area contributed by atoms with Crippen molar-refractivity contribution < 1.29 is 4.79 Å². The average molecular weight is 190 g/mol. The normalized spacial score (nSPS) is 17.5. The molecule has 3 heteroatoms. The molecule has 1 N–H and O–H groups in total. The van der Waals surface area contributed by atoms with E-state index in [-0.39, 0.29) is 11.8 Å². The second-order valence-corrected chi connectivity index (χ2v) is 3.76. The number of pyridine rings is 1. The molecule has 1 aliphatic carbocycles. The second kappa shape index (κ2) is 3.78. The van der Waals surface area contributed by atoms with Crippen LogP contribution in [0.5, 0.6) is 0 Å². The van der Waals surface area contributed by atoms with E-state index >= 15 is 0 Å². The molecule has 0 spiro atoms. The Balaban J connectivity index is 1.99. The fourth-order valence-electron chi connectivity index (χ4n) is 1.32. The van der Waals surface area contributed by atoms with Gasteiger partial charge in [0.1, 0.15) is 0 Å². The van der Waals surface area contributed by atoms with E-state index in [4.69, 9.17) is 0 Å². The minimum absolute atomic E-state index is 0.0891. The van der Waals surface area contributed by atoms with Crippen LogP contribution in [0.1, 0.15) is 31.4 Å². The molecule has 1 fully saturated rings. The summed E-state index contributed by atoms with van der Waals surface area (Å²) in [7, 11) is 0. The van der Waals surface area contributed by atoms with Crippen molar-refractivity contribution in [3.8, 4) is 0 Å². The van der Waals surface area contributed by atoms with Crippen LogP contribution in [-0.2, 0) is 4.79 Å². The molecule has 0 radical (unpaired) electrons. The van der Waals surface area contributed by atoms with Crippen molar-refractivity contribution in [3.63, 3.8) is 0 Å². The molecule has 3 nitrogen and oxygen atoms in total. The zero-order valence-electron chi connectivity index (χ0n) is 8.23. The first-order valence-electron chi connectivity index (χ1n) is 4.98. The third-order valence-electron chi connectivity index (χ3n) is 2.45. The standard InChI is InChI=1S/C11H14N2O/c1-8(10-4-2-3-7-12-10)11(14)13-9-5-6-9/h2-4,7-9H,5-6H2,1H3,(H,13,14). The monoisotopic (exact) mass is 190 g/mol. The second-order valence-electron chi connectivity index (χ2n) is 3.76. The Kier molecular flexibility index (Phi) is 2.48.